The molecule has 2 aromatic heterocycles. The molecule has 11 rings (SSSR count). The Balaban J connectivity index is 1.03. The Hall–Kier alpha value is -7.16. The van der Waals surface area contributed by atoms with E-state index in [9.17, 15) is 0 Å². The second kappa shape index (κ2) is 12.2. The lowest BCUT2D eigenvalue weighted by Gasteiger charge is -2.11. The molecule has 0 aliphatic carbocycles. The fraction of sp³-hybridized carbons (Fsp3) is 0. The Labute approximate surface area is 313 Å². The topological polar surface area (TPSA) is 9.86 Å². The highest BCUT2D eigenvalue weighted by Crippen LogP contribution is 2.42. The summed E-state index contributed by atoms with van der Waals surface area (Å²) in [5, 5.41) is 7.56. The zero-order valence-electron chi connectivity index (χ0n) is 29.5. The number of benzene rings is 9. The van der Waals surface area contributed by atoms with Crippen LogP contribution in [-0.2, 0) is 0 Å². The smallest absolute Gasteiger partial charge is 0.0641 e. The highest BCUT2D eigenvalue weighted by molar-refractivity contribution is 6.26. The predicted molar refractivity (Wildman–Crippen MR) is 229 cm³/mol. The average molecular weight is 687 g/mol. The van der Waals surface area contributed by atoms with E-state index in [1.807, 2.05) is 0 Å². The highest BCUT2D eigenvalue weighted by atomic mass is 15.0. The van der Waals surface area contributed by atoms with Crippen molar-refractivity contribution in [3.8, 4) is 44.8 Å². The fourth-order valence-electron chi connectivity index (χ4n) is 8.52. The lowest BCUT2D eigenvalue weighted by atomic mass is 9.98. The van der Waals surface area contributed by atoms with Crippen LogP contribution in [0.25, 0.3) is 99.1 Å². The van der Waals surface area contributed by atoms with Crippen LogP contribution in [0, 0.1) is 0 Å². The first-order valence-electron chi connectivity index (χ1n) is 18.6. The minimum Gasteiger partial charge on any atom is -0.309 e. The van der Waals surface area contributed by atoms with Crippen molar-refractivity contribution in [3.63, 3.8) is 0 Å². The van der Waals surface area contributed by atoms with Crippen molar-refractivity contribution in [2.75, 3.05) is 0 Å². The summed E-state index contributed by atoms with van der Waals surface area (Å²) in [6, 6.07) is 75.1. The van der Waals surface area contributed by atoms with Gasteiger partial charge in [0, 0.05) is 32.9 Å². The van der Waals surface area contributed by atoms with Gasteiger partial charge in [0.25, 0.3) is 0 Å². The van der Waals surface area contributed by atoms with E-state index in [1.165, 1.54) is 87.8 Å². The van der Waals surface area contributed by atoms with Gasteiger partial charge in [0.1, 0.15) is 0 Å². The molecular formula is C52H34N2. The third-order valence-corrected chi connectivity index (χ3v) is 11.1. The van der Waals surface area contributed by atoms with E-state index < -0.39 is 0 Å². The van der Waals surface area contributed by atoms with Gasteiger partial charge in [0.2, 0.25) is 0 Å². The van der Waals surface area contributed by atoms with Crippen molar-refractivity contribution >= 4 is 54.4 Å². The number of hydrogen-bond acceptors (Lipinski definition) is 0. The first-order chi connectivity index (χ1) is 26.8. The van der Waals surface area contributed by atoms with Crippen molar-refractivity contribution in [2.24, 2.45) is 0 Å². The molecular weight excluding hydrogens is 653 g/mol. The minimum atomic E-state index is 1.15. The molecule has 0 amide bonds. The molecule has 0 atom stereocenters. The third kappa shape index (κ3) is 4.81. The van der Waals surface area contributed by atoms with Crippen molar-refractivity contribution in [3.05, 3.63) is 206 Å². The lowest BCUT2D eigenvalue weighted by molar-refractivity contribution is 1.17. The van der Waals surface area contributed by atoms with Crippen LogP contribution in [-0.4, -0.2) is 9.13 Å². The van der Waals surface area contributed by atoms with Crippen molar-refractivity contribution in [2.45, 2.75) is 0 Å². The molecule has 11 aromatic rings. The van der Waals surface area contributed by atoms with Crippen molar-refractivity contribution < 1.29 is 0 Å². The summed E-state index contributed by atoms with van der Waals surface area (Å²) in [6.45, 7) is 0. The first-order valence-corrected chi connectivity index (χ1v) is 18.6. The predicted octanol–water partition coefficient (Wildman–Crippen LogP) is 14.0. The summed E-state index contributed by atoms with van der Waals surface area (Å²) in [5.74, 6) is 0. The third-order valence-electron chi connectivity index (χ3n) is 11.1. The molecule has 0 bridgehead atoms. The van der Waals surface area contributed by atoms with Gasteiger partial charge < -0.3 is 9.13 Å². The number of aromatic nitrogens is 2. The van der Waals surface area contributed by atoms with E-state index in [4.69, 9.17) is 0 Å². The molecule has 2 heterocycles. The average Bonchev–Trinajstić information content (AvgIpc) is 3.77. The Bertz CT molecular complexity index is 3160. The van der Waals surface area contributed by atoms with Crippen LogP contribution in [0.5, 0.6) is 0 Å². The molecule has 0 saturated carbocycles. The van der Waals surface area contributed by atoms with Crippen LogP contribution in [0.3, 0.4) is 0 Å². The molecule has 252 valence electrons. The molecule has 0 spiro atoms. The Morgan fingerprint density at radius 2 is 0.741 bits per heavy atom. The zero-order valence-corrected chi connectivity index (χ0v) is 29.5. The minimum absolute atomic E-state index is 1.15. The Kier molecular flexibility index (Phi) is 6.90. The molecule has 0 fully saturated rings. The normalized spacial score (nSPS) is 11.7. The van der Waals surface area contributed by atoms with Crippen LogP contribution in [0.4, 0.5) is 0 Å². The molecule has 2 nitrogen and oxygen atoms in total. The van der Waals surface area contributed by atoms with E-state index in [1.54, 1.807) is 0 Å². The summed E-state index contributed by atoms with van der Waals surface area (Å²) in [5.41, 5.74) is 14.4. The molecule has 0 aliphatic rings. The molecule has 0 N–H and O–H groups in total. The molecule has 9 aromatic carbocycles. The number of fused-ring (bicyclic) bond motifs is 8. The molecule has 54 heavy (non-hydrogen) atoms. The summed E-state index contributed by atoms with van der Waals surface area (Å²) in [7, 11) is 0. The maximum atomic E-state index is 2.46. The van der Waals surface area contributed by atoms with Crippen molar-refractivity contribution in [1.82, 2.24) is 9.13 Å². The maximum absolute atomic E-state index is 2.46. The van der Waals surface area contributed by atoms with Crippen molar-refractivity contribution in [1.29, 1.82) is 0 Å². The quantitative estimate of drug-likeness (QED) is 0.171. The summed E-state index contributed by atoms with van der Waals surface area (Å²) in [4.78, 5) is 0. The lowest BCUT2D eigenvalue weighted by Crippen LogP contribution is -1.95. The Morgan fingerprint density at radius 3 is 1.43 bits per heavy atom. The molecule has 2 heteroatoms. The van der Waals surface area contributed by atoms with Crippen LogP contribution in [0.2, 0.25) is 0 Å². The van der Waals surface area contributed by atoms with Gasteiger partial charge in [-0.15, -0.1) is 0 Å². The van der Waals surface area contributed by atoms with E-state index in [0.717, 1.165) is 11.4 Å². The summed E-state index contributed by atoms with van der Waals surface area (Å²) in [6.07, 6.45) is 0. The number of hydrogen-bond donors (Lipinski definition) is 0. The van der Waals surface area contributed by atoms with E-state index in [-0.39, 0.29) is 0 Å². The summed E-state index contributed by atoms with van der Waals surface area (Å²) >= 11 is 0. The van der Waals surface area contributed by atoms with Gasteiger partial charge in [-0.25, -0.2) is 0 Å². The van der Waals surface area contributed by atoms with Gasteiger partial charge in [-0.05, 0) is 92.7 Å². The van der Waals surface area contributed by atoms with Gasteiger partial charge in [-0.1, -0.05) is 158 Å². The maximum Gasteiger partial charge on any atom is 0.0641 e. The summed E-state index contributed by atoms with van der Waals surface area (Å²) < 4.78 is 4.89. The number of nitrogens with zero attached hydrogens (tertiary/aromatic N) is 2. The molecule has 0 unspecified atom stereocenters. The SMILES string of the molecule is c1ccc(-c2ccc(-n3c4ccccc4c4ccc5c(c6ccccc6n5-c5ccc(-c6ccc(-c7ccc8ccccc8c7)cc6)cc5)c43)cc2)cc1. The molecule has 0 radical (unpaired) electrons. The van der Waals surface area contributed by atoms with E-state index in [0.29, 0.717) is 0 Å². The van der Waals surface area contributed by atoms with E-state index in [2.05, 4.69) is 215 Å². The van der Waals surface area contributed by atoms with Crippen LogP contribution in [0.1, 0.15) is 0 Å². The highest BCUT2D eigenvalue weighted by Gasteiger charge is 2.20. The van der Waals surface area contributed by atoms with Gasteiger partial charge in [0.05, 0.1) is 22.1 Å². The van der Waals surface area contributed by atoms with E-state index >= 15 is 0 Å². The van der Waals surface area contributed by atoms with Gasteiger partial charge >= 0.3 is 0 Å². The van der Waals surface area contributed by atoms with Gasteiger partial charge in [0.15, 0.2) is 0 Å². The van der Waals surface area contributed by atoms with Gasteiger partial charge in [-0.3, -0.25) is 0 Å². The molecule has 0 aliphatic heterocycles. The van der Waals surface area contributed by atoms with Crippen LogP contribution < -0.4 is 0 Å². The number of rotatable bonds is 5. The number of para-hydroxylation sites is 2. The van der Waals surface area contributed by atoms with Crippen LogP contribution in [0.15, 0.2) is 206 Å². The standard InChI is InChI=1S/C52H34N2/c1-2-10-35(11-3-1)38-26-30-44(31-27-38)54-48-16-8-6-14-45(48)46-32-33-50-51(52(46)54)47-15-7-9-17-49(47)53(50)43-28-24-39(25-29-43)37-18-20-40(21-19-37)42-23-22-36-12-4-5-13-41(36)34-42/h1-34H. The Morgan fingerprint density at radius 1 is 0.259 bits per heavy atom. The second-order valence-corrected chi connectivity index (χ2v) is 14.2. The largest absolute Gasteiger partial charge is 0.309 e. The fourth-order valence-corrected chi connectivity index (χ4v) is 8.52. The monoisotopic (exact) mass is 686 g/mol. The first kappa shape index (κ1) is 30.5. The second-order valence-electron chi connectivity index (χ2n) is 14.2. The molecule has 0 saturated heterocycles. The van der Waals surface area contributed by atoms with Gasteiger partial charge in [-0.2, -0.15) is 0 Å². The van der Waals surface area contributed by atoms with Crippen LogP contribution >= 0.6 is 0 Å². The zero-order chi connectivity index (χ0) is 35.6.